The Morgan fingerprint density at radius 2 is 1.73 bits per heavy atom. The van der Waals surface area contributed by atoms with Crippen molar-refractivity contribution in [3.8, 4) is 0 Å². The minimum absolute atomic E-state index is 0.00193. The zero-order valence-electron chi connectivity index (χ0n) is 12.4. The van der Waals surface area contributed by atoms with E-state index in [2.05, 4.69) is 5.32 Å². The summed E-state index contributed by atoms with van der Waals surface area (Å²) in [5.74, 6) is 0.0580. The second-order valence-corrected chi connectivity index (χ2v) is 7.96. The summed E-state index contributed by atoms with van der Waals surface area (Å²) < 4.78 is 12.2. The Kier molecular flexibility index (Phi) is 7.19. The highest BCUT2D eigenvalue weighted by molar-refractivity contribution is 7.84. The zero-order chi connectivity index (χ0) is 15.9. The number of halogens is 2. The van der Waals surface area contributed by atoms with Crippen LogP contribution in [0.3, 0.4) is 0 Å². The molecule has 1 amide bonds. The average molecular weight is 362 g/mol. The lowest BCUT2D eigenvalue weighted by Gasteiger charge is -2.16. The van der Waals surface area contributed by atoms with Crippen LogP contribution in [0.5, 0.6) is 0 Å². The van der Waals surface area contributed by atoms with E-state index in [1.807, 2.05) is 0 Å². The molecule has 1 aliphatic carbocycles. The van der Waals surface area contributed by atoms with Crippen LogP contribution in [0.2, 0.25) is 10.0 Å². The number of benzene rings is 1. The average Bonchev–Trinajstić information content (AvgIpc) is 2.71. The summed E-state index contributed by atoms with van der Waals surface area (Å²) in [6.07, 6.45) is 6.84. The molecule has 6 heteroatoms. The molecule has 1 atom stereocenters. The molecule has 1 aliphatic rings. The summed E-state index contributed by atoms with van der Waals surface area (Å²) in [5.41, 5.74) is 0.645. The number of rotatable bonds is 5. The van der Waals surface area contributed by atoms with E-state index in [1.54, 1.807) is 18.2 Å². The lowest BCUT2D eigenvalue weighted by atomic mass is 10.1. The Bertz CT molecular complexity index is 523. The van der Waals surface area contributed by atoms with Gasteiger partial charge in [-0.2, -0.15) is 0 Å². The van der Waals surface area contributed by atoms with Gasteiger partial charge in [-0.3, -0.25) is 9.00 Å². The van der Waals surface area contributed by atoms with Gasteiger partial charge in [-0.1, -0.05) is 55.0 Å². The summed E-state index contributed by atoms with van der Waals surface area (Å²) >= 11 is 12.1. The molecular formula is C16H21Cl2NO2S. The fourth-order valence-corrected chi connectivity index (χ4v) is 4.52. The summed E-state index contributed by atoms with van der Waals surface area (Å²) in [4.78, 5) is 12.0. The second kappa shape index (κ2) is 8.90. The van der Waals surface area contributed by atoms with E-state index in [4.69, 9.17) is 23.2 Å². The third kappa shape index (κ3) is 5.56. The number of nitrogens with one attached hydrogen (secondary N) is 1. The Hall–Kier alpha value is -0.580. The predicted molar refractivity (Wildman–Crippen MR) is 92.8 cm³/mol. The van der Waals surface area contributed by atoms with Crippen molar-refractivity contribution in [3.63, 3.8) is 0 Å². The minimum Gasteiger partial charge on any atom is -0.353 e. The zero-order valence-corrected chi connectivity index (χ0v) is 14.8. The molecule has 1 saturated carbocycles. The lowest BCUT2D eigenvalue weighted by Crippen LogP contribution is -2.37. The number of hydrogen-bond donors (Lipinski definition) is 1. The highest BCUT2D eigenvalue weighted by atomic mass is 35.5. The SMILES string of the molecule is O=C(C[S@](=O)Cc1c(Cl)cccc1Cl)NC1CCCCCC1. The Morgan fingerprint density at radius 1 is 1.14 bits per heavy atom. The predicted octanol–water partition coefficient (Wildman–Crippen LogP) is 4.08. The third-order valence-electron chi connectivity index (χ3n) is 3.88. The maximum absolute atomic E-state index is 12.2. The molecule has 0 heterocycles. The molecule has 1 N–H and O–H groups in total. The van der Waals surface area contributed by atoms with Gasteiger partial charge in [0, 0.05) is 32.5 Å². The van der Waals surface area contributed by atoms with Crippen LogP contribution in [0.15, 0.2) is 18.2 Å². The van der Waals surface area contributed by atoms with Gasteiger partial charge in [-0.25, -0.2) is 0 Å². The molecule has 122 valence electrons. The number of carbonyl (C=O) groups excluding carboxylic acids is 1. The van der Waals surface area contributed by atoms with Gasteiger partial charge in [0.2, 0.25) is 5.91 Å². The van der Waals surface area contributed by atoms with Gasteiger partial charge in [-0.15, -0.1) is 0 Å². The van der Waals surface area contributed by atoms with E-state index in [0.717, 1.165) is 25.7 Å². The molecule has 0 bridgehead atoms. The molecule has 0 aromatic heterocycles. The van der Waals surface area contributed by atoms with Crippen molar-refractivity contribution in [3.05, 3.63) is 33.8 Å². The van der Waals surface area contributed by atoms with E-state index in [1.165, 1.54) is 12.8 Å². The maximum Gasteiger partial charge on any atom is 0.232 e. The molecule has 0 unspecified atom stereocenters. The molecule has 0 spiro atoms. The summed E-state index contributed by atoms with van der Waals surface area (Å²) in [7, 11) is -1.31. The summed E-state index contributed by atoms with van der Waals surface area (Å²) in [6, 6.07) is 5.41. The summed E-state index contributed by atoms with van der Waals surface area (Å²) in [6.45, 7) is 0. The highest BCUT2D eigenvalue weighted by Crippen LogP contribution is 2.25. The molecule has 22 heavy (non-hydrogen) atoms. The first-order chi connectivity index (χ1) is 10.6. The highest BCUT2D eigenvalue weighted by Gasteiger charge is 2.17. The third-order valence-corrected chi connectivity index (χ3v) is 5.78. The number of hydrogen-bond acceptors (Lipinski definition) is 2. The van der Waals surface area contributed by atoms with Gasteiger partial charge >= 0.3 is 0 Å². The van der Waals surface area contributed by atoms with Gasteiger partial charge in [0.15, 0.2) is 0 Å². The van der Waals surface area contributed by atoms with E-state index >= 15 is 0 Å². The topological polar surface area (TPSA) is 46.2 Å². The first-order valence-corrected chi connectivity index (χ1v) is 9.88. The van der Waals surface area contributed by atoms with E-state index in [0.29, 0.717) is 15.6 Å². The van der Waals surface area contributed by atoms with E-state index < -0.39 is 10.8 Å². The van der Waals surface area contributed by atoms with E-state index in [-0.39, 0.29) is 23.5 Å². The fraction of sp³-hybridized carbons (Fsp3) is 0.562. The first-order valence-electron chi connectivity index (χ1n) is 7.63. The van der Waals surface area contributed by atoms with Gasteiger partial charge in [0.05, 0.1) is 5.75 Å². The van der Waals surface area contributed by atoms with Gasteiger partial charge in [0.1, 0.15) is 5.75 Å². The van der Waals surface area contributed by atoms with Gasteiger partial charge in [-0.05, 0) is 25.0 Å². The molecule has 0 radical (unpaired) electrons. The van der Waals surface area contributed by atoms with Crippen LogP contribution < -0.4 is 5.32 Å². The molecule has 1 aromatic carbocycles. The monoisotopic (exact) mass is 361 g/mol. The van der Waals surface area contributed by atoms with Crippen molar-refractivity contribution in [2.45, 2.75) is 50.3 Å². The van der Waals surface area contributed by atoms with Crippen LogP contribution in [-0.4, -0.2) is 21.9 Å². The second-order valence-electron chi connectivity index (χ2n) is 5.68. The standard InChI is InChI=1S/C16H21Cl2NO2S/c17-14-8-5-9-15(18)13(14)10-22(21)11-16(20)19-12-6-3-1-2-4-7-12/h5,8-9,12H,1-4,6-7,10-11H2,(H,19,20)/t22-/m1/s1. The number of carbonyl (C=O) groups is 1. The van der Waals surface area contributed by atoms with Crippen molar-refractivity contribution >= 4 is 39.9 Å². The van der Waals surface area contributed by atoms with Crippen LogP contribution in [0.1, 0.15) is 44.1 Å². The Balaban J connectivity index is 1.84. The fourth-order valence-electron chi connectivity index (χ4n) is 2.72. The molecule has 0 aliphatic heterocycles. The van der Waals surface area contributed by atoms with Crippen molar-refractivity contribution in [2.24, 2.45) is 0 Å². The van der Waals surface area contributed by atoms with Crippen molar-refractivity contribution in [1.29, 1.82) is 0 Å². The molecular weight excluding hydrogens is 341 g/mol. The lowest BCUT2D eigenvalue weighted by molar-refractivity contribution is -0.119. The van der Waals surface area contributed by atoms with Crippen LogP contribution in [0.4, 0.5) is 0 Å². The maximum atomic E-state index is 12.2. The molecule has 0 saturated heterocycles. The molecule has 1 fully saturated rings. The molecule has 1 aromatic rings. The van der Waals surface area contributed by atoms with Crippen LogP contribution in [-0.2, 0) is 21.3 Å². The van der Waals surface area contributed by atoms with Crippen LogP contribution in [0, 0.1) is 0 Å². The summed E-state index contributed by atoms with van der Waals surface area (Å²) in [5, 5.41) is 3.99. The van der Waals surface area contributed by atoms with Crippen molar-refractivity contribution < 1.29 is 9.00 Å². The Labute approximate surface area is 144 Å². The first kappa shape index (κ1) is 17.8. The molecule has 3 nitrogen and oxygen atoms in total. The van der Waals surface area contributed by atoms with Crippen molar-refractivity contribution in [2.75, 3.05) is 5.75 Å². The smallest absolute Gasteiger partial charge is 0.232 e. The van der Waals surface area contributed by atoms with Crippen LogP contribution >= 0.6 is 23.2 Å². The largest absolute Gasteiger partial charge is 0.353 e. The van der Waals surface area contributed by atoms with Crippen molar-refractivity contribution in [1.82, 2.24) is 5.32 Å². The van der Waals surface area contributed by atoms with Crippen LogP contribution in [0.25, 0.3) is 0 Å². The van der Waals surface area contributed by atoms with Gasteiger partial charge < -0.3 is 5.32 Å². The van der Waals surface area contributed by atoms with Gasteiger partial charge in [0.25, 0.3) is 0 Å². The minimum atomic E-state index is -1.31. The number of amides is 1. The Morgan fingerprint density at radius 3 is 2.32 bits per heavy atom. The van der Waals surface area contributed by atoms with E-state index in [9.17, 15) is 9.00 Å². The molecule has 2 rings (SSSR count). The normalized spacial score (nSPS) is 17.7. The quantitative estimate of drug-likeness (QED) is 0.803.